The van der Waals surface area contributed by atoms with Gasteiger partial charge in [0.05, 0.1) is 0 Å². The summed E-state index contributed by atoms with van der Waals surface area (Å²) in [5.41, 5.74) is 2.78. The first-order chi connectivity index (χ1) is 6.63. The van der Waals surface area contributed by atoms with Gasteiger partial charge < -0.3 is 5.21 Å². The van der Waals surface area contributed by atoms with Crippen LogP contribution in [0.3, 0.4) is 0 Å². The minimum atomic E-state index is -0.174. The topological polar surface area (TPSA) is 49.7 Å². The van der Waals surface area contributed by atoms with Gasteiger partial charge in [0.25, 0.3) is 0 Å². The maximum Gasteiger partial charge on any atom is 0.211 e. The second-order valence-electron chi connectivity index (χ2n) is 3.33. The molecule has 1 aliphatic rings. The van der Waals surface area contributed by atoms with Crippen molar-refractivity contribution >= 4 is 27.4 Å². The summed E-state index contributed by atoms with van der Waals surface area (Å²) in [6.07, 6.45) is 0.408. The van der Waals surface area contributed by atoms with Gasteiger partial charge in [0.2, 0.25) is 5.78 Å². The zero-order chi connectivity index (χ0) is 10.3. The summed E-state index contributed by atoms with van der Waals surface area (Å²) in [6.45, 7) is 1.92. The molecular formula is C10H8BrNO2. The normalized spacial score (nSPS) is 17.6. The predicted molar refractivity (Wildman–Crippen MR) is 56.1 cm³/mol. The molecule has 0 aromatic heterocycles. The van der Waals surface area contributed by atoms with Crippen LogP contribution < -0.4 is 0 Å². The van der Waals surface area contributed by atoms with E-state index in [1.165, 1.54) is 0 Å². The Labute approximate surface area is 89.6 Å². The third kappa shape index (κ3) is 1.26. The van der Waals surface area contributed by atoms with Gasteiger partial charge in [-0.3, -0.25) is 4.79 Å². The van der Waals surface area contributed by atoms with E-state index in [1.54, 1.807) is 0 Å². The molecule has 0 unspecified atom stereocenters. The first-order valence-corrected chi connectivity index (χ1v) is 4.97. The van der Waals surface area contributed by atoms with Crippen LogP contribution in [0.15, 0.2) is 21.8 Å². The van der Waals surface area contributed by atoms with Crippen molar-refractivity contribution in [3.63, 3.8) is 0 Å². The number of oxime groups is 1. The molecule has 0 bridgehead atoms. The van der Waals surface area contributed by atoms with Crippen molar-refractivity contribution in [1.29, 1.82) is 0 Å². The third-order valence-corrected chi connectivity index (χ3v) is 3.02. The SMILES string of the molecule is Cc1cc(Br)c2c(c1)C(=O)/C(=N\O)C2. The van der Waals surface area contributed by atoms with E-state index in [2.05, 4.69) is 21.1 Å². The van der Waals surface area contributed by atoms with Crippen LogP contribution in [0, 0.1) is 6.92 Å². The number of benzene rings is 1. The van der Waals surface area contributed by atoms with Crippen molar-refractivity contribution in [3.05, 3.63) is 33.3 Å². The average molecular weight is 254 g/mol. The molecule has 1 aliphatic carbocycles. The van der Waals surface area contributed by atoms with Crippen LogP contribution >= 0.6 is 15.9 Å². The van der Waals surface area contributed by atoms with E-state index >= 15 is 0 Å². The lowest BCUT2D eigenvalue weighted by molar-refractivity contribution is 0.106. The first-order valence-electron chi connectivity index (χ1n) is 4.18. The predicted octanol–water partition coefficient (Wildman–Crippen LogP) is 2.33. The second kappa shape index (κ2) is 3.20. The number of fused-ring (bicyclic) bond motifs is 1. The van der Waals surface area contributed by atoms with E-state index in [4.69, 9.17) is 5.21 Å². The van der Waals surface area contributed by atoms with Gasteiger partial charge >= 0.3 is 0 Å². The van der Waals surface area contributed by atoms with E-state index in [0.29, 0.717) is 12.0 Å². The molecule has 4 heteroatoms. The molecule has 1 N–H and O–H groups in total. The summed E-state index contributed by atoms with van der Waals surface area (Å²) >= 11 is 3.39. The van der Waals surface area contributed by atoms with Crippen molar-refractivity contribution in [1.82, 2.24) is 0 Å². The number of aryl methyl sites for hydroxylation is 1. The van der Waals surface area contributed by atoms with E-state index in [9.17, 15) is 4.79 Å². The Morgan fingerprint density at radius 1 is 1.50 bits per heavy atom. The van der Waals surface area contributed by atoms with E-state index in [1.807, 2.05) is 19.1 Å². The smallest absolute Gasteiger partial charge is 0.211 e. The number of Topliss-reactive ketones (excluding diaryl/α,β-unsaturated/α-hetero) is 1. The van der Waals surface area contributed by atoms with Gasteiger partial charge in [0, 0.05) is 16.5 Å². The molecule has 1 aromatic rings. The molecule has 2 rings (SSSR count). The first kappa shape index (κ1) is 9.40. The van der Waals surface area contributed by atoms with Crippen LogP contribution in [0.25, 0.3) is 0 Å². The van der Waals surface area contributed by atoms with E-state index in [-0.39, 0.29) is 11.5 Å². The monoisotopic (exact) mass is 253 g/mol. The van der Waals surface area contributed by atoms with Crippen molar-refractivity contribution in [3.8, 4) is 0 Å². The van der Waals surface area contributed by atoms with Gasteiger partial charge in [0.15, 0.2) is 0 Å². The Kier molecular flexibility index (Phi) is 2.15. The highest BCUT2D eigenvalue weighted by molar-refractivity contribution is 9.10. The van der Waals surface area contributed by atoms with Gasteiger partial charge in [-0.1, -0.05) is 21.1 Å². The van der Waals surface area contributed by atoms with Gasteiger partial charge in [-0.15, -0.1) is 0 Å². The number of carbonyl (C=O) groups is 1. The molecular weight excluding hydrogens is 246 g/mol. The van der Waals surface area contributed by atoms with Gasteiger partial charge in [-0.2, -0.15) is 0 Å². The Bertz CT molecular complexity index is 452. The summed E-state index contributed by atoms with van der Waals surface area (Å²) in [4.78, 5) is 11.6. The van der Waals surface area contributed by atoms with E-state index in [0.717, 1.165) is 15.6 Å². The lowest BCUT2D eigenvalue weighted by Gasteiger charge is -2.01. The third-order valence-electron chi connectivity index (χ3n) is 2.31. The summed E-state index contributed by atoms with van der Waals surface area (Å²) in [7, 11) is 0. The Morgan fingerprint density at radius 3 is 2.86 bits per heavy atom. The van der Waals surface area contributed by atoms with Crippen LogP contribution in [0.5, 0.6) is 0 Å². The average Bonchev–Trinajstić information content (AvgIpc) is 2.44. The Morgan fingerprint density at radius 2 is 2.21 bits per heavy atom. The standard InChI is InChI=1S/C10H8BrNO2/c1-5-2-7-6(8(11)3-5)4-9(12-14)10(7)13/h2-3,14H,4H2,1H3/b12-9-. The number of carbonyl (C=O) groups excluding carboxylic acids is 1. The van der Waals surface area contributed by atoms with Gasteiger partial charge in [-0.05, 0) is 30.2 Å². The molecule has 0 saturated heterocycles. The Hall–Kier alpha value is -1.16. The molecule has 0 heterocycles. The number of ketones is 1. The second-order valence-corrected chi connectivity index (χ2v) is 4.18. The summed E-state index contributed by atoms with van der Waals surface area (Å²) in [5.74, 6) is -0.174. The molecule has 3 nitrogen and oxygen atoms in total. The maximum atomic E-state index is 11.6. The number of hydrogen-bond acceptors (Lipinski definition) is 3. The molecule has 0 radical (unpaired) electrons. The highest BCUT2D eigenvalue weighted by atomic mass is 79.9. The minimum Gasteiger partial charge on any atom is -0.411 e. The van der Waals surface area contributed by atoms with Gasteiger partial charge in [-0.25, -0.2) is 0 Å². The summed E-state index contributed by atoms with van der Waals surface area (Å²) < 4.78 is 0.902. The number of hydrogen-bond donors (Lipinski definition) is 1. The molecule has 14 heavy (non-hydrogen) atoms. The highest BCUT2D eigenvalue weighted by Crippen LogP contribution is 2.29. The molecule has 0 spiro atoms. The molecule has 0 aliphatic heterocycles. The summed E-state index contributed by atoms with van der Waals surface area (Å²) in [6, 6.07) is 3.77. The fourth-order valence-electron chi connectivity index (χ4n) is 1.64. The molecule has 0 amide bonds. The Balaban J connectivity index is 2.65. The van der Waals surface area contributed by atoms with Crippen LogP contribution in [-0.2, 0) is 6.42 Å². The number of halogens is 1. The zero-order valence-corrected chi connectivity index (χ0v) is 9.13. The maximum absolute atomic E-state index is 11.6. The zero-order valence-electron chi connectivity index (χ0n) is 7.54. The van der Waals surface area contributed by atoms with Crippen LogP contribution in [0.4, 0.5) is 0 Å². The molecule has 1 aromatic carbocycles. The van der Waals surface area contributed by atoms with Crippen LogP contribution in [0.2, 0.25) is 0 Å². The number of rotatable bonds is 0. The lowest BCUT2D eigenvalue weighted by Crippen LogP contribution is -2.06. The van der Waals surface area contributed by atoms with E-state index < -0.39 is 0 Å². The molecule has 0 atom stereocenters. The number of nitrogens with zero attached hydrogens (tertiary/aromatic N) is 1. The highest BCUT2D eigenvalue weighted by Gasteiger charge is 2.28. The van der Waals surface area contributed by atoms with Gasteiger partial charge in [0.1, 0.15) is 5.71 Å². The quantitative estimate of drug-likeness (QED) is 0.570. The molecule has 0 saturated carbocycles. The van der Waals surface area contributed by atoms with Crippen molar-refractivity contribution in [2.24, 2.45) is 5.16 Å². The molecule has 0 fully saturated rings. The largest absolute Gasteiger partial charge is 0.411 e. The van der Waals surface area contributed by atoms with Crippen molar-refractivity contribution in [2.75, 3.05) is 0 Å². The van der Waals surface area contributed by atoms with Crippen molar-refractivity contribution in [2.45, 2.75) is 13.3 Å². The van der Waals surface area contributed by atoms with Crippen molar-refractivity contribution < 1.29 is 10.0 Å². The minimum absolute atomic E-state index is 0.174. The van der Waals surface area contributed by atoms with Crippen LogP contribution in [0.1, 0.15) is 21.5 Å². The lowest BCUT2D eigenvalue weighted by atomic mass is 10.1. The fraction of sp³-hybridized carbons (Fsp3) is 0.200. The fourth-order valence-corrected chi connectivity index (χ4v) is 2.35. The summed E-state index contributed by atoms with van der Waals surface area (Å²) in [5, 5.41) is 11.6. The molecule has 72 valence electrons. The van der Waals surface area contributed by atoms with Crippen LogP contribution in [-0.4, -0.2) is 16.7 Å².